The molecule has 2 aliphatic carbocycles. The van der Waals surface area contributed by atoms with Gasteiger partial charge in [0.1, 0.15) is 0 Å². The lowest BCUT2D eigenvalue weighted by molar-refractivity contribution is 0.108. The number of hydrogen-bond acceptors (Lipinski definition) is 0. The molecule has 0 aromatic rings. The summed E-state index contributed by atoms with van der Waals surface area (Å²) in [6.07, 6.45) is 5.60. The molecular formula is C9H14. The predicted molar refractivity (Wildman–Crippen MR) is 39.2 cm³/mol. The monoisotopic (exact) mass is 122 g/mol. The van der Waals surface area contributed by atoms with Crippen molar-refractivity contribution >= 4 is 0 Å². The van der Waals surface area contributed by atoms with E-state index in [1.807, 2.05) is 0 Å². The van der Waals surface area contributed by atoms with E-state index in [1.165, 1.54) is 31.3 Å². The van der Waals surface area contributed by atoms with Crippen LogP contribution in [0.2, 0.25) is 0 Å². The number of hydrogen-bond donors (Lipinski definition) is 0. The van der Waals surface area contributed by atoms with Crippen molar-refractivity contribution in [2.45, 2.75) is 32.6 Å². The second-order valence-corrected chi connectivity index (χ2v) is 3.90. The summed E-state index contributed by atoms with van der Waals surface area (Å²) in [6.45, 7) is 6.50. The maximum Gasteiger partial charge on any atom is -0.0152 e. The van der Waals surface area contributed by atoms with E-state index >= 15 is 0 Å². The average molecular weight is 122 g/mol. The quantitative estimate of drug-likeness (QED) is 0.433. The molecule has 0 saturated heterocycles. The first kappa shape index (κ1) is 5.52. The molecule has 0 amide bonds. The van der Waals surface area contributed by atoms with Crippen molar-refractivity contribution in [3.8, 4) is 0 Å². The third kappa shape index (κ3) is 0.540. The predicted octanol–water partition coefficient (Wildman–Crippen LogP) is 2.75. The zero-order chi connectivity index (χ0) is 6.48. The molecule has 2 saturated carbocycles. The molecule has 0 bridgehead atoms. The van der Waals surface area contributed by atoms with E-state index in [1.54, 1.807) is 0 Å². The van der Waals surface area contributed by atoms with E-state index in [0.717, 1.165) is 5.92 Å². The fourth-order valence-corrected chi connectivity index (χ4v) is 2.40. The smallest absolute Gasteiger partial charge is 0.0152 e. The Morgan fingerprint density at radius 3 is 2.56 bits per heavy atom. The van der Waals surface area contributed by atoms with E-state index in [0.29, 0.717) is 5.41 Å². The molecule has 2 fully saturated rings. The van der Waals surface area contributed by atoms with Crippen molar-refractivity contribution in [2.75, 3.05) is 0 Å². The first-order valence-corrected chi connectivity index (χ1v) is 3.90. The molecule has 2 rings (SSSR count). The first-order valence-electron chi connectivity index (χ1n) is 3.90. The summed E-state index contributed by atoms with van der Waals surface area (Å²) in [5.74, 6) is 0.914. The Hall–Kier alpha value is -0.260. The van der Waals surface area contributed by atoms with Crippen LogP contribution in [0.4, 0.5) is 0 Å². The van der Waals surface area contributed by atoms with Crippen LogP contribution in [-0.2, 0) is 0 Å². The minimum Gasteiger partial charge on any atom is -0.0996 e. The van der Waals surface area contributed by atoms with Gasteiger partial charge in [-0.15, -0.1) is 0 Å². The van der Waals surface area contributed by atoms with Crippen molar-refractivity contribution in [2.24, 2.45) is 11.3 Å². The zero-order valence-electron chi connectivity index (χ0n) is 6.11. The molecule has 0 aromatic heterocycles. The largest absolute Gasteiger partial charge is 0.0996 e. The highest BCUT2D eigenvalue weighted by Crippen LogP contribution is 2.58. The molecule has 50 valence electrons. The van der Waals surface area contributed by atoms with Crippen LogP contribution in [0.5, 0.6) is 0 Å². The Morgan fingerprint density at radius 2 is 2.33 bits per heavy atom. The summed E-state index contributed by atoms with van der Waals surface area (Å²) < 4.78 is 0. The van der Waals surface area contributed by atoms with Gasteiger partial charge < -0.3 is 0 Å². The lowest BCUT2D eigenvalue weighted by Crippen LogP contribution is -2.32. The maximum atomic E-state index is 4.08. The van der Waals surface area contributed by atoms with Gasteiger partial charge >= 0.3 is 0 Å². The van der Waals surface area contributed by atoms with Gasteiger partial charge in [-0.1, -0.05) is 19.1 Å². The highest BCUT2D eigenvalue weighted by atomic mass is 14.5. The van der Waals surface area contributed by atoms with Crippen molar-refractivity contribution < 1.29 is 0 Å². The van der Waals surface area contributed by atoms with E-state index in [-0.39, 0.29) is 0 Å². The van der Waals surface area contributed by atoms with Crippen LogP contribution >= 0.6 is 0 Å². The summed E-state index contributed by atoms with van der Waals surface area (Å²) in [5, 5.41) is 0. The molecule has 0 N–H and O–H groups in total. The van der Waals surface area contributed by atoms with E-state index in [9.17, 15) is 0 Å². The Morgan fingerprint density at radius 1 is 1.56 bits per heavy atom. The number of fused-ring (bicyclic) bond motifs is 1. The Labute approximate surface area is 57.0 Å². The lowest BCUT2D eigenvalue weighted by Gasteiger charge is -2.42. The fraction of sp³-hybridized carbons (Fsp3) is 0.778. The normalized spacial score (nSPS) is 48.6. The van der Waals surface area contributed by atoms with Gasteiger partial charge in [0.15, 0.2) is 0 Å². The Bertz CT molecular complexity index is 157. The van der Waals surface area contributed by atoms with Crippen LogP contribution in [0.1, 0.15) is 32.6 Å². The summed E-state index contributed by atoms with van der Waals surface area (Å²) in [7, 11) is 0. The van der Waals surface area contributed by atoms with Crippen LogP contribution in [0.25, 0.3) is 0 Å². The molecule has 0 heterocycles. The van der Waals surface area contributed by atoms with Crippen LogP contribution in [0.3, 0.4) is 0 Å². The molecule has 2 atom stereocenters. The molecule has 0 heteroatoms. The minimum atomic E-state index is 0.705. The number of rotatable bonds is 0. The SMILES string of the molecule is C=C1CC[C@]2(C)CC[C@H]12. The zero-order valence-corrected chi connectivity index (χ0v) is 6.11. The fourth-order valence-electron chi connectivity index (χ4n) is 2.40. The Kier molecular flexibility index (Phi) is 0.870. The summed E-state index contributed by atoms with van der Waals surface area (Å²) >= 11 is 0. The van der Waals surface area contributed by atoms with Gasteiger partial charge in [0.2, 0.25) is 0 Å². The van der Waals surface area contributed by atoms with Gasteiger partial charge in [0.25, 0.3) is 0 Å². The molecule has 0 unspecified atom stereocenters. The third-order valence-electron chi connectivity index (χ3n) is 3.36. The van der Waals surface area contributed by atoms with Gasteiger partial charge in [-0.2, -0.15) is 0 Å². The topological polar surface area (TPSA) is 0 Å². The van der Waals surface area contributed by atoms with Gasteiger partial charge in [-0.25, -0.2) is 0 Å². The van der Waals surface area contributed by atoms with E-state index < -0.39 is 0 Å². The van der Waals surface area contributed by atoms with Crippen molar-refractivity contribution in [1.82, 2.24) is 0 Å². The van der Waals surface area contributed by atoms with Gasteiger partial charge in [-0.05, 0) is 37.0 Å². The second kappa shape index (κ2) is 1.42. The lowest BCUT2D eigenvalue weighted by atomic mass is 9.63. The van der Waals surface area contributed by atoms with Crippen molar-refractivity contribution in [1.29, 1.82) is 0 Å². The first-order chi connectivity index (χ1) is 4.22. The van der Waals surface area contributed by atoms with Gasteiger partial charge in [-0.3, -0.25) is 0 Å². The van der Waals surface area contributed by atoms with E-state index in [4.69, 9.17) is 0 Å². The van der Waals surface area contributed by atoms with Gasteiger partial charge in [0.05, 0.1) is 0 Å². The molecule has 0 spiro atoms. The minimum absolute atomic E-state index is 0.705. The molecular weight excluding hydrogens is 108 g/mol. The summed E-state index contributed by atoms with van der Waals surface area (Å²) in [4.78, 5) is 0. The van der Waals surface area contributed by atoms with Crippen molar-refractivity contribution in [3.05, 3.63) is 12.2 Å². The maximum absolute atomic E-state index is 4.08. The van der Waals surface area contributed by atoms with Crippen LogP contribution in [0, 0.1) is 11.3 Å². The molecule has 2 aliphatic rings. The molecule has 0 radical (unpaired) electrons. The third-order valence-corrected chi connectivity index (χ3v) is 3.36. The summed E-state index contributed by atoms with van der Waals surface area (Å²) in [5.41, 5.74) is 2.24. The summed E-state index contributed by atoms with van der Waals surface area (Å²) in [6, 6.07) is 0. The standard InChI is InChI=1S/C9H14/c1-7-3-5-9(2)6-4-8(7)9/h8H,1,3-6H2,2H3/t8-,9-/m1/s1. The Balaban J connectivity index is 2.24. The molecule has 0 nitrogen and oxygen atoms in total. The average Bonchev–Trinajstić information content (AvgIpc) is 1.93. The molecule has 0 aromatic carbocycles. The van der Waals surface area contributed by atoms with Crippen LogP contribution in [0.15, 0.2) is 12.2 Å². The molecule has 9 heavy (non-hydrogen) atoms. The highest BCUT2D eigenvalue weighted by Gasteiger charge is 2.47. The number of allylic oxidation sites excluding steroid dienone is 1. The van der Waals surface area contributed by atoms with Gasteiger partial charge in [0, 0.05) is 0 Å². The van der Waals surface area contributed by atoms with E-state index in [2.05, 4.69) is 13.5 Å². The van der Waals surface area contributed by atoms with Crippen molar-refractivity contribution in [3.63, 3.8) is 0 Å². The molecule has 0 aliphatic heterocycles. The van der Waals surface area contributed by atoms with Crippen LogP contribution < -0.4 is 0 Å². The van der Waals surface area contributed by atoms with Crippen LogP contribution in [-0.4, -0.2) is 0 Å². The highest BCUT2D eigenvalue weighted by molar-refractivity contribution is 5.18. The second-order valence-electron chi connectivity index (χ2n) is 3.90.